The summed E-state index contributed by atoms with van der Waals surface area (Å²) in [6.07, 6.45) is 2.29. The summed E-state index contributed by atoms with van der Waals surface area (Å²) in [5, 5.41) is 15.9. The highest BCUT2D eigenvalue weighted by Gasteiger charge is 2.24. The molecule has 1 aliphatic carbocycles. The van der Waals surface area contributed by atoms with Crippen molar-refractivity contribution in [2.24, 2.45) is 11.0 Å². The second-order valence-electron chi connectivity index (χ2n) is 5.18. The van der Waals surface area contributed by atoms with Crippen LogP contribution < -0.4 is 5.43 Å². The average Bonchev–Trinajstić information content (AvgIpc) is 3.28. The van der Waals surface area contributed by atoms with Gasteiger partial charge >= 0.3 is 0 Å². The van der Waals surface area contributed by atoms with E-state index in [0.717, 1.165) is 29.3 Å². The number of hydrogen-bond acceptors (Lipinski definition) is 3. The minimum atomic E-state index is -0.381. The Bertz CT molecular complexity index is 703. The second kappa shape index (κ2) is 4.96. The molecule has 1 aliphatic rings. The first kappa shape index (κ1) is 12.7. The lowest BCUT2D eigenvalue weighted by Crippen LogP contribution is -2.19. The molecule has 1 saturated carbocycles. The molecule has 3 rings (SSSR count). The van der Waals surface area contributed by atoms with Gasteiger partial charge in [-0.05, 0) is 48.6 Å². The number of nitrogens with one attached hydrogen (secondary N) is 1. The van der Waals surface area contributed by atoms with Crippen molar-refractivity contribution in [2.45, 2.75) is 19.8 Å². The molecule has 2 aromatic carbocycles. The number of aromatic hydroxyl groups is 1. The van der Waals surface area contributed by atoms with Gasteiger partial charge in [-0.3, -0.25) is 4.79 Å². The molecule has 0 spiro atoms. The zero-order chi connectivity index (χ0) is 14.1. The summed E-state index contributed by atoms with van der Waals surface area (Å²) in [6, 6.07) is 10.9. The monoisotopic (exact) mass is 268 g/mol. The normalized spacial score (nSPS) is 15.3. The van der Waals surface area contributed by atoms with Crippen LogP contribution in [0.4, 0.5) is 0 Å². The summed E-state index contributed by atoms with van der Waals surface area (Å²) in [5.74, 6) is 0.106. The molecule has 0 unspecified atom stereocenters. The Morgan fingerprint density at radius 3 is 2.55 bits per heavy atom. The Morgan fingerprint density at radius 2 is 1.90 bits per heavy atom. The minimum Gasteiger partial charge on any atom is -0.507 e. The number of benzene rings is 2. The highest BCUT2D eigenvalue weighted by atomic mass is 16.3. The first-order valence-electron chi connectivity index (χ1n) is 6.71. The largest absolute Gasteiger partial charge is 0.507 e. The van der Waals surface area contributed by atoms with E-state index in [1.54, 1.807) is 12.1 Å². The molecule has 1 fully saturated rings. The molecule has 0 saturated heterocycles. The molecule has 0 heterocycles. The number of amides is 1. The van der Waals surface area contributed by atoms with Crippen LogP contribution >= 0.6 is 0 Å². The van der Waals surface area contributed by atoms with Gasteiger partial charge in [-0.15, -0.1) is 0 Å². The molecule has 2 N–H and O–H groups in total. The maximum atomic E-state index is 12.1. The van der Waals surface area contributed by atoms with Crippen LogP contribution in [0.5, 0.6) is 5.75 Å². The van der Waals surface area contributed by atoms with Crippen molar-refractivity contribution >= 4 is 22.4 Å². The van der Waals surface area contributed by atoms with Crippen LogP contribution in [0, 0.1) is 5.92 Å². The number of nitrogens with zero attached hydrogens (tertiary/aromatic N) is 1. The molecule has 0 bridgehead atoms. The third kappa shape index (κ3) is 2.50. The molecule has 0 radical (unpaired) electrons. The summed E-state index contributed by atoms with van der Waals surface area (Å²) in [6.45, 7) is 1.91. The van der Waals surface area contributed by atoms with E-state index in [-0.39, 0.29) is 17.2 Å². The predicted octanol–water partition coefficient (Wildman–Crippen LogP) is 3.06. The molecule has 0 aliphatic heterocycles. The van der Waals surface area contributed by atoms with Gasteiger partial charge in [0.25, 0.3) is 5.91 Å². The number of phenols is 1. The minimum absolute atomic E-state index is 0.0273. The van der Waals surface area contributed by atoms with Gasteiger partial charge < -0.3 is 5.11 Å². The third-order valence-electron chi connectivity index (χ3n) is 3.61. The lowest BCUT2D eigenvalue weighted by atomic mass is 10.1. The molecular formula is C16H16N2O2. The van der Waals surface area contributed by atoms with Gasteiger partial charge in [0.1, 0.15) is 5.75 Å². The quantitative estimate of drug-likeness (QED) is 0.664. The number of fused-ring (bicyclic) bond motifs is 1. The van der Waals surface area contributed by atoms with E-state index in [9.17, 15) is 9.90 Å². The predicted molar refractivity (Wildman–Crippen MR) is 78.9 cm³/mol. The SMILES string of the molecule is C/C(=N\NC(=O)c1cc2ccccc2cc1O)C1CC1. The summed E-state index contributed by atoms with van der Waals surface area (Å²) < 4.78 is 0. The van der Waals surface area contributed by atoms with Crippen LogP contribution in [-0.4, -0.2) is 16.7 Å². The highest BCUT2D eigenvalue weighted by molar-refractivity contribution is 6.02. The van der Waals surface area contributed by atoms with Crippen LogP contribution in [0.15, 0.2) is 41.5 Å². The second-order valence-corrected chi connectivity index (χ2v) is 5.18. The van der Waals surface area contributed by atoms with Crippen molar-refractivity contribution in [3.63, 3.8) is 0 Å². The zero-order valence-electron chi connectivity index (χ0n) is 11.3. The van der Waals surface area contributed by atoms with Crippen LogP contribution in [0.2, 0.25) is 0 Å². The first-order valence-corrected chi connectivity index (χ1v) is 6.71. The Hall–Kier alpha value is -2.36. The van der Waals surface area contributed by atoms with Gasteiger partial charge in [-0.2, -0.15) is 5.10 Å². The van der Waals surface area contributed by atoms with Crippen molar-refractivity contribution in [2.75, 3.05) is 0 Å². The molecule has 0 aromatic heterocycles. The molecule has 1 amide bonds. The van der Waals surface area contributed by atoms with Gasteiger partial charge in [0.05, 0.1) is 5.56 Å². The van der Waals surface area contributed by atoms with Crippen molar-refractivity contribution in [1.29, 1.82) is 0 Å². The molecule has 0 atom stereocenters. The molecular weight excluding hydrogens is 252 g/mol. The number of carbonyl (C=O) groups is 1. The highest BCUT2D eigenvalue weighted by Crippen LogP contribution is 2.30. The van der Waals surface area contributed by atoms with E-state index in [0.29, 0.717) is 5.92 Å². The Morgan fingerprint density at radius 1 is 1.25 bits per heavy atom. The summed E-state index contributed by atoms with van der Waals surface area (Å²) in [4.78, 5) is 12.1. The molecule has 4 heteroatoms. The zero-order valence-corrected chi connectivity index (χ0v) is 11.3. The van der Waals surface area contributed by atoms with Crippen molar-refractivity contribution < 1.29 is 9.90 Å². The van der Waals surface area contributed by atoms with Gasteiger partial charge in [-0.25, -0.2) is 5.43 Å². The fraction of sp³-hybridized carbons (Fsp3) is 0.250. The summed E-state index contributed by atoms with van der Waals surface area (Å²) >= 11 is 0. The lowest BCUT2D eigenvalue weighted by molar-refractivity contribution is 0.0952. The average molecular weight is 268 g/mol. The number of rotatable bonds is 3. The summed E-state index contributed by atoms with van der Waals surface area (Å²) in [5.41, 5.74) is 3.70. The number of hydrazone groups is 1. The van der Waals surface area contributed by atoms with Crippen molar-refractivity contribution in [3.8, 4) is 5.75 Å². The van der Waals surface area contributed by atoms with Gasteiger partial charge in [-0.1, -0.05) is 24.3 Å². The van der Waals surface area contributed by atoms with E-state index in [4.69, 9.17) is 0 Å². The van der Waals surface area contributed by atoms with E-state index in [2.05, 4.69) is 10.5 Å². The smallest absolute Gasteiger partial charge is 0.275 e. The van der Waals surface area contributed by atoms with Crippen molar-refractivity contribution in [3.05, 3.63) is 42.0 Å². The Labute approximate surface area is 117 Å². The van der Waals surface area contributed by atoms with Crippen LogP contribution in [0.25, 0.3) is 10.8 Å². The Balaban J connectivity index is 1.86. The number of phenolic OH excluding ortho intramolecular Hbond substituents is 1. The fourth-order valence-electron chi connectivity index (χ4n) is 2.20. The topological polar surface area (TPSA) is 61.7 Å². The van der Waals surface area contributed by atoms with Gasteiger partial charge in [0.2, 0.25) is 0 Å². The van der Waals surface area contributed by atoms with E-state index < -0.39 is 0 Å². The standard InChI is InChI=1S/C16H16N2O2/c1-10(11-6-7-11)17-18-16(20)14-8-12-4-2-3-5-13(12)9-15(14)19/h2-5,8-9,11,19H,6-7H2,1H3,(H,18,20)/b17-10+. The third-order valence-corrected chi connectivity index (χ3v) is 3.61. The molecule has 20 heavy (non-hydrogen) atoms. The lowest BCUT2D eigenvalue weighted by Gasteiger charge is -2.06. The molecule has 2 aromatic rings. The maximum Gasteiger partial charge on any atom is 0.275 e. The Kier molecular flexibility index (Phi) is 3.14. The van der Waals surface area contributed by atoms with Gasteiger partial charge in [0.15, 0.2) is 0 Å². The van der Waals surface area contributed by atoms with Crippen LogP contribution in [-0.2, 0) is 0 Å². The van der Waals surface area contributed by atoms with Crippen molar-refractivity contribution in [1.82, 2.24) is 5.43 Å². The molecule has 102 valence electrons. The van der Waals surface area contributed by atoms with E-state index >= 15 is 0 Å². The van der Waals surface area contributed by atoms with Crippen LogP contribution in [0.3, 0.4) is 0 Å². The summed E-state index contributed by atoms with van der Waals surface area (Å²) in [7, 11) is 0. The van der Waals surface area contributed by atoms with Crippen LogP contribution in [0.1, 0.15) is 30.1 Å². The van der Waals surface area contributed by atoms with Gasteiger partial charge in [0, 0.05) is 5.71 Å². The van der Waals surface area contributed by atoms with E-state index in [1.165, 1.54) is 0 Å². The number of carbonyl (C=O) groups excluding carboxylic acids is 1. The fourth-order valence-corrected chi connectivity index (χ4v) is 2.20. The van der Waals surface area contributed by atoms with E-state index in [1.807, 2.05) is 31.2 Å². The maximum absolute atomic E-state index is 12.1. The first-order chi connectivity index (χ1) is 9.65. The number of hydrogen-bond donors (Lipinski definition) is 2. The molecule has 4 nitrogen and oxygen atoms in total.